The molecule has 0 aliphatic carbocycles. The number of nitrogens with zero attached hydrogens (tertiary/aromatic N) is 1. The second-order valence-corrected chi connectivity index (χ2v) is 8.44. The predicted octanol–water partition coefficient (Wildman–Crippen LogP) is 3.76. The highest BCUT2D eigenvalue weighted by Crippen LogP contribution is 2.27. The maximum Gasteiger partial charge on any atom is 0.245 e. The summed E-state index contributed by atoms with van der Waals surface area (Å²) < 4.78 is 27.8. The number of hydrogen-bond donors (Lipinski definition) is 1. The van der Waals surface area contributed by atoms with E-state index in [1.807, 2.05) is 24.4 Å². The Hall–Kier alpha value is -0.890. The maximum atomic E-state index is 12.7. The lowest BCUT2D eigenvalue weighted by atomic mass is 10.3. The van der Waals surface area contributed by atoms with E-state index in [0.717, 1.165) is 9.35 Å². The quantitative estimate of drug-likeness (QED) is 0.819. The summed E-state index contributed by atoms with van der Waals surface area (Å²) in [6.07, 6.45) is 0. The Morgan fingerprint density at radius 2 is 2.05 bits per heavy atom. The summed E-state index contributed by atoms with van der Waals surface area (Å²) in [5.41, 5.74) is 0.638. The van der Waals surface area contributed by atoms with Gasteiger partial charge in [-0.1, -0.05) is 12.1 Å². The number of halogens is 1. The van der Waals surface area contributed by atoms with Gasteiger partial charge in [0.2, 0.25) is 10.0 Å². The fourth-order valence-corrected chi connectivity index (χ4v) is 4.84. The van der Waals surface area contributed by atoms with Gasteiger partial charge in [0, 0.05) is 34.9 Å². The summed E-state index contributed by atoms with van der Waals surface area (Å²) in [5, 5.41) is 5.04. The normalized spacial score (nSPS) is 11.8. The number of nitrogens with one attached hydrogen (secondary N) is 1. The first-order valence-electron chi connectivity index (χ1n) is 6.47. The molecule has 0 saturated heterocycles. The molecule has 0 fully saturated rings. The van der Waals surface area contributed by atoms with Crippen molar-refractivity contribution in [1.29, 1.82) is 0 Å². The molecule has 0 bridgehead atoms. The van der Waals surface area contributed by atoms with Gasteiger partial charge in [0.25, 0.3) is 0 Å². The van der Waals surface area contributed by atoms with Crippen molar-refractivity contribution in [3.63, 3.8) is 0 Å². The van der Waals surface area contributed by atoms with Crippen LogP contribution in [0.5, 0.6) is 0 Å². The van der Waals surface area contributed by atoms with Crippen LogP contribution in [0.25, 0.3) is 0 Å². The summed E-state index contributed by atoms with van der Waals surface area (Å²) in [4.78, 5) is 1.30. The number of para-hydroxylation sites is 1. The molecule has 0 aliphatic rings. The number of benzene rings is 1. The van der Waals surface area contributed by atoms with Gasteiger partial charge in [0.1, 0.15) is 4.90 Å². The third kappa shape index (κ3) is 3.85. The molecule has 4 nitrogen and oxygen atoms in total. The molecule has 0 radical (unpaired) electrons. The fourth-order valence-electron chi connectivity index (χ4n) is 1.94. The minimum absolute atomic E-state index is 0.310. The second kappa shape index (κ2) is 6.91. The van der Waals surface area contributed by atoms with Crippen LogP contribution < -0.4 is 5.32 Å². The molecule has 0 atom stereocenters. The SMILES string of the molecule is CCNc1ccccc1S(=O)(=O)N(C)Cc1cc(Br)cs1. The van der Waals surface area contributed by atoms with Gasteiger partial charge >= 0.3 is 0 Å². The Morgan fingerprint density at radius 1 is 1.33 bits per heavy atom. The third-order valence-electron chi connectivity index (χ3n) is 2.94. The molecule has 7 heteroatoms. The van der Waals surface area contributed by atoms with Crippen molar-refractivity contribution in [1.82, 2.24) is 4.31 Å². The van der Waals surface area contributed by atoms with Crippen LogP contribution in [0.2, 0.25) is 0 Å². The van der Waals surface area contributed by atoms with Crippen molar-refractivity contribution in [2.24, 2.45) is 0 Å². The van der Waals surface area contributed by atoms with Gasteiger partial charge in [-0.05, 0) is 41.1 Å². The maximum absolute atomic E-state index is 12.7. The van der Waals surface area contributed by atoms with Gasteiger partial charge in [-0.25, -0.2) is 8.42 Å². The molecule has 2 aromatic rings. The molecule has 1 aromatic carbocycles. The Morgan fingerprint density at radius 3 is 2.67 bits per heavy atom. The number of sulfonamides is 1. The Labute approximate surface area is 138 Å². The van der Waals surface area contributed by atoms with Crippen molar-refractivity contribution in [2.45, 2.75) is 18.4 Å². The van der Waals surface area contributed by atoms with Crippen LogP contribution in [-0.2, 0) is 16.6 Å². The zero-order valence-electron chi connectivity index (χ0n) is 11.8. The topological polar surface area (TPSA) is 49.4 Å². The van der Waals surface area contributed by atoms with E-state index in [2.05, 4.69) is 21.2 Å². The van der Waals surface area contributed by atoms with E-state index in [9.17, 15) is 8.42 Å². The molecule has 0 amide bonds. The molecule has 0 saturated carbocycles. The zero-order chi connectivity index (χ0) is 15.5. The highest BCUT2D eigenvalue weighted by Gasteiger charge is 2.24. The summed E-state index contributed by atoms with van der Waals surface area (Å²) in [7, 11) is -1.92. The predicted molar refractivity (Wildman–Crippen MR) is 91.3 cm³/mol. The summed E-state index contributed by atoms with van der Waals surface area (Å²) in [6.45, 7) is 2.98. The van der Waals surface area contributed by atoms with Crippen molar-refractivity contribution >= 4 is 43.0 Å². The molecule has 1 N–H and O–H groups in total. The molecule has 2 rings (SSSR count). The Balaban J connectivity index is 2.28. The molecule has 0 aliphatic heterocycles. The van der Waals surface area contributed by atoms with Gasteiger partial charge in [-0.15, -0.1) is 11.3 Å². The van der Waals surface area contributed by atoms with Crippen LogP contribution in [0.3, 0.4) is 0 Å². The van der Waals surface area contributed by atoms with E-state index in [0.29, 0.717) is 23.7 Å². The van der Waals surface area contributed by atoms with E-state index < -0.39 is 10.0 Å². The van der Waals surface area contributed by atoms with Crippen LogP contribution in [0.1, 0.15) is 11.8 Å². The number of rotatable bonds is 6. The number of hydrogen-bond acceptors (Lipinski definition) is 4. The van der Waals surface area contributed by atoms with Crippen molar-refractivity contribution in [3.8, 4) is 0 Å². The standard InChI is InChI=1S/C14H17BrN2O2S2/c1-3-16-13-6-4-5-7-14(13)21(18,19)17(2)9-12-8-11(15)10-20-12/h4-8,10,16H,3,9H2,1-2H3. The van der Waals surface area contributed by atoms with E-state index in [-0.39, 0.29) is 0 Å². The molecule has 1 heterocycles. The minimum atomic E-state index is -3.52. The first kappa shape index (κ1) is 16.5. The van der Waals surface area contributed by atoms with E-state index >= 15 is 0 Å². The lowest BCUT2D eigenvalue weighted by molar-refractivity contribution is 0.470. The highest BCUT2D eigenvalue weighted by atomic mass is 79.9. The minimum Gasteiger partial charge on any atom is -0.384 e. The largest absolute Gasteiger partial charge is 0.384 e. The average Bonchev–Trinajstić information content (AvgIpc) is 2.85. The fraction of sp³-hybridized carbons (Fsp3) is 0.286. The molecule has 114 valence electrons. The molecular formula is C14H17BrN2O2S2. The summed E-state index contributed by atoms with van der Waals surface area (Å²) in [5.74, 6) is 0. The highest BCUT2D eigenvalue weighted by molar-refractivity contribution is 9.10. The van der Waals surface area contributed by atoms with Gasteiger partial charge in [0.15, 0.2) is 0 Å². The van der Waals surface area contributed by atoms with Gasteiger partial charge in [-0.3, -0.25) is 0 Å². The van der Waals surface area contributed by atoms with Crippen LogP contribution in [0, 0.1) is 0 Å². The van der Waals surface area contributed by atoms with Gasteiger partial charge in [-0.2, -0.15) is 4.31 Å². The number of thiophene rings is 1. The van der Waals surface area contributed by atoms with Crippen LogP contribution in [0.15, 0.2) is 45.1 Å². The van der Waals surface area contributed by atoms with E-state index in [4.69, 9.17) is 0 Å². The molecule has 0 spiro atoms. The van der Waals surface area contributed by atoms with Crippen molar-refractivity contribution in [3.05, 3.63) is 45.1 Å². The van der Waals surface area contributed by atoms with Gasteiger partial charge < -0.3 is 5.32 Å². The number of anilines is 1. The van der Waals surface area contributed by atoms with Gasteiger partial charge in [0.05, 0.1) is 5.69 Å². The average molecular weight is 389 g/mol. The molecule has 1 aromatic heterocycles. The lowest BCUT2D eigenvalue weighted by Gasteiger charge is -2.19. The zero-order valence-corrected chi connectivity index (χ0v) is 15.1. The third-order valence-corrected chi connectivity index (χ3v) is 6.49. The van der Waals surface area contributed by atoms with Crippen molar-refractivity contribution in [2.75, 3.05) is 18.9 Å². The van der Waals surface area contributed by atoms with Crippen LogP contribution in [0.4, 0.5) is 5.69 Å². The summed E-state index contributed by atoms with van der Waals surface area (Å²) in [6, 6.07) is 8.92. The van der Waals surface area contributed by atoms with E-state index in [1.165, 1.54) is 15.6 Å². The monoisotopic (exact) mass is 388 g/mol. The molecule has 21 heavy (non-hydrogen) atoms. The lowest BCUT2D eigenvalue weighted by Crippen LogP contribution is -2.27. The smallest absolute Gasteiger partial charge is 0.245 e. The second-order valence-electron chi connectivity index (χ2n) is 4.52. The van der Waals surface area contributed by atoms with E-state index in [1.54, 1.807) is 25.2 Å². The van der Waals surface area contributed by atoms with Crippen LogP contribution in [-0.4, -0.2) is 26.3 Å². The molecule has 0 unspecified atom stereocenters. The first-order valence-corrected chi connectivity index (χ1v) is 9.58. The van der Waals surface area contributed by atoms with Crippen LogP contribution >= 0.6 is 27.3 Å². The molecular weight excluding hydrogens is 372 g/mol. The Bertz CT molecular complexity index is 713. The summed E-state index contributed by atoms with van der Waals surface area (Å²) >= 11 is 4.92. The first-order chi connectivity index (χ1) is 9.95. The Kier molecular flexibility index (Phi) is 5.43. The van der Waals surface area contributed by atoms with Crippen molar-refractivity contribution < 1.29 is 8.42 Å².